The molecule has 1 saturated heterocycles. The first-order chi connectivity index (χ1) is 10.9. The molecular weight excluding hydrogens is 373 g/mol. The lowest BCUT2D eigenvalue weighted by Crippen LogP contribution is -2.51. The van der Waals surface area contributed by atoms with Crippen molar-refractivity contribution in [1.82, 2.24) is 15.5 Å². The highest BCUT2D eigenvalue weighted by atomic mass is 35.5. The zero-order valence-corrected chi connectivity index (χ0v) is 16.0. The van der Waals surface area contributed by atoms with E-state index in [1.165, 1.54) is 0 Å². The molecule has 1 heterocycles. The minimum absolute atomic E-state index is 0. The highest BCUT2D eigenvalue weighted by Crippen LogP contribution is 2.25. The molecular formula is C16H22Cl3N3O2. The van der Waals surface area contributed by atoms with E-state index in [1.807, 2.05) is 7.05 Å². The van der Waals surface area contributed by atoms with Crippen LogP contribution in [0.2, 0.25) is 10.0 Å². The summed E-state index contributed by atoms with van der Waals surface area (Å²) in [5.41, 5.74) is 0.271. The number of hydrogen-bond acceptors (Lipinski definition) is 3. The second-order valence-corrected chi connectivity index (χ2v) is 6.47. The van der Waals surface area contributed by atoms with Gasteiger partial charge >= 0.3 is 0 Å². The van der Waals surface area contributed by atoms with Crippen molar-refractivity contribution in [1.29, 1.82) is 0 Å². The van der Waals surface area contributed by atoms with Crippen LogP contribution in [0.3, 0.4) is 0 Å². The smallest absolute Gasteiger partial charge is 0.253 e. The molecule has 1 fully saturated rings. The minimum Gasteiger partial charge on any atom is -0.341 e. The average molecular weight is 395 g/mol. The van der Waals surface area contributed by atoms with Gasteiger partial charge in [0.1, 0.15) is 6.04 Å². The zero-order valence-electron chi connectivity index (χ0n) is 13.6. The number of carbonyl (C=O) groups is 2. The number of carbonyl (C=O) groups excluding carboxylic acids is 2. The number of likely N-dealkylation sites (tertiary alicyclic amines) is 1. The van der Waals surface area contributed by atoms with Gasteiger partial charge in [0.15, 0.2) is 0 Å². The van der Waals surface area contributed by atoms with Gasteiger partial charge in [0, 0.05) is 19.1 Å². The normalized spacial score (nSPS) is 16.2. The lowest BCUT2D eigenvalue weighted by atomic mass is 10.0. The van der Waals surface area contributed by atoms with E-state index in [0.717, 1.165) is 12.8 Å². The average Bonchev–Trinajstić information content (AvgIpc) is 2.56. The quantitative estimate of drug-likeness (QED) is 0.825. The van der Waals surface area contributed by atoms with Gasteiger partial charge in [-0.05, 0) is 38.9 Å². The molecule has 1 aliphatic heterocycles. The Bertz CT molecular complexity index is 590. The number of amides is 2. The molecule has 1 aliphatic rings. The maximum atomic E-state index is 12.4. The van der Waals surface area contributed by atoms with Crippen molar-refractivity contribution in [3.8, 4) is 0 Å². The van der Waals surface area contributed by atoms with Gasteiger partial charge in [-0.3, -0.25) is 9.59 Å². The number of nitrogens with zero attached hydrogens (tertiary/aromatic N) is 1. The van der Waals surface area contributed by atoms with Crippen molar-refractivity contribution in [3.05, 3.63) is 33.8 Å². The van der Waals surface area contributed by atoms with Crippen LogP contribution in [0.1, 0.15) is 30.1 Å². The summed E-state index contributed by atoms with van der Waals surface area (Å²) >= 11 is 11.9. The Hall–Kier alpha value is -1.01. The second-order valence-electron chi connectivity index (χ2n) is 5.68. The summed E-state index contributed by atoms with van der Waals surface area (Å²) in [5, 5.41) is 6.43. The Morgan fingerprint density at radius 1 is 1.25 bits per heavy atom. The summed E-state index contributed by atoms with van der Waals surface area (Å²) in [4.78, 5) is 26.5. The van der Waals surface area contributed by atoms with Gasteiger partial charge in [0.2, 0.25) is 5.91 Å². The summed E-state index contributed by atoms with van der Waals surface area (Å²) in [7, 11) is 1.93. The molecule has 5 nitrogen and oxygen atoms in total. The predicted octanol–water partition coefficient (Wildman–Crippen LogP) is 2.74. The highest BCUT2D eigenvalue weighted by Gasteiger charge is 2.27. The third-order valence-corrected chi connectivity index (χ3v) is 4.95. The van der Waals surface area contributed by atoms with E-state index in [0.29, 0.717) is 24.2 Å². The van der Waals surface area contributed by atoms with Crippen LogP contribution in [0.25, 0.3) is 0 Å². The standard InChI is InChI=1S/C16H21Cl2N3O2.ClH/c1-10(16(23)21-8-6-11(19-2)7-9-21)20-15(22)12-4-3-5-13(17)14(12)18;/h3-5,10-11,19H,6-9H2,1-2H3,(H,20,22);1H. The molecule has 0 radical (unpaired) electrons. The number of nitrogens with one attached hydrogen (secondary N) is 2. The largest absolute Gasteiger partial charge is 0.341 e. The monoisotopic (exact) mass is 393 g/mol. The van der Waals surface area contributed by atoms with Gasteiger partial charge in [-0.15, -0.1) is 12.4 Å². The molecule has 1 unspecified atom stereocenters. The van der Waals surface area contributed by atoms with Gasteiger partial charge in [0.05, 0.1) is 15.6 Å². The second kappa shape index (κ2) is 9.47. The lowest BCUT2D eigenvalue weighted by Gasteiger charge is -2.33. The van der Waals surface area contributed by atoms with Crippen LogP contribution in [-0.4, -0.2) is 48.9 Å². The van der Waals surface area contributed by atoms with Crippen molar-refractivity contribution in [2.45, 2.75) is 31.8 Å². The summed E-state index contributed by atoms with van der Waals surface area (Å²) in [6.45, 7) is 3.08. The molecule has 1 aromatic rings. The number of hydrogen-bond donors (Lipinski definition) is 2. The maximum Gasteiger partial charge on any atom is 0.253 e. The summed E-state index contributed by atoms with van der Waals surface area (Å²) < 4.78 is 0. The van der Waals surface area contributed by atoms with Crippen molar-refractivity contribution in [2.24, 2.45) is 0 Å². The van der Waals surface area contributed by atoms with E-state index in [-0.39, 0.29) is 28.9 Å². The molecule has 0 spiro atoms. The van der Waals surface area contributed by atoms with Gasteiger partial charge in [-0.1, -0.05) is 29.3 Å². The molecule has 134 valence electrons. The maximum absolute atomic E-state index is 12.4. The van der Waals surface area contributed by atoms with Gasteiger partial charge in [0.25, 0.3) is 5.91 Å². The topological polar surface area (TPSA) is 61.4 Å². The number of benzene rings is 1. The Morgan fingerprint density at radius 2 is 1.88 bits per heavy atom. The van der Waals surface area contributed by atoms with E-state index in [2.05, 4.69) is 10.6 Å². The number of rotatable bonds is 4. The van der Waals surface area contributed by atoms with Crippen LogP contribution in [0, 0.1) is 0 Å². The minimum atomic E-state index is -0.608. The first-order valence-corrected chi connectivity index (χ1v) is 8.40. The van der Waals surface area contributed by atoms with E-state index in [9.17, 15) is 9.59 Å². The van der Waals surface area contributed by atoms with E-state index < -0.39 is 11.9 Å². The molecule has 0 bridgehead atoms. The SMILES string of the molecule is CNC1CCN(C(=O)C(C)NC(=O)c2cccc(Cl)c2Cl)CC1.Cl. The summed E-state index contributed by atoms with van der Waals surface area (Å²) in [6.07, 6.45) is 1.84. The fourth-order valence-corrected chi connectivity index (χ4v) is 3.06. The van der Waals surface area contributed by atoms with Crippen LogP contribution in [-0.2, 0) is 4.79 Å². The summed E-state index contributed by atoms with van der Waals surface area (Å²) in [5.74, 6) is -0.477. The molecule has 1 aromatic carbocycles. The molecule has 24 heavy (non-hydrogen) atoms. The van der Waals surface area contributed by atoms with Gasteiger partial charge in [-0.2, -0.15) is 0 Å². The first-order valence-electron chi connectivity index (χ1n) is 7.65. The molecule has 0 saturated carbocycles. The number of halogens is 3. The molecule has 2 N–H and O–H groups in total. The van der Waals surface area contributed by atoms with Crippen LogP contribution in [0.4, 0.5) is 0 Å². The third-order valence-electron chi connectivity index (χ3n) is 4.13. The predicted molar refractivity (Wildman–Crippen MR) is 99.3 cm³/mol. The molecule has 0 aromatic heterocycles. The summed E-state index contributed by atoms with van der Waals surface area (Å²) in [6, 6.07) is 4.69. The van der Waals surface area contributed by atoms with Crippen LogP contribution in [0.15, 0.2) is 18.2 Å². The highest BCUT2D eigenvalue weighted by molar-refractivity contribution is 6.43. The Labute approximate surface area is 158 Å². The molecule has 2 amide bonds. The van der Waals surface area contributed by atoms with E-state index >= 15 is 0 Å². The van der Waals surface area contributed by atoms with Gasteiger partial charge in [-0.25, -0.2) is 0 Å². The van der Waals surface area contributed by atoms with Crippen molar-refractivity contribution >= 4 is 47.4 Å². The fraction of sp³-hybridized carbons (Fsp3) is 0.500. The number of piperidine rings is 1. The molecule has 2 rings (SSSR count). The zero-order chi connectivity index (χ0) is 17.0. The Kier molecular flexibility index (Phi) is 8.30. The van der Waals surface area contributed by atoms with Crippen LogP contribution in [0.5, 0.6) is 0 Å². The Morgan fingerprint density at radius 3 is 2.46 bits per heavy atom. The third kappa shape index (κ3) is 4.99. The molecule has 0 aliphatic carbocycles. The molecule has 8 heteroatoms. The lowest BCUT2D eigenvalue weighted by molar-refractivity contribution is -0.133. The van der Waals surface area contributed by atoms with Gasteiger partial charge < -0.3 is 15.5 Å². The van der Waals surface area contributed by atoms with E-state index in [4.69, 9.17) is 23.2 Å². The Balaban J connectivity index is 0.00000288. The molecule has 1 atom stereocenters. The first kappa shape index (κ1) is 21.0. The van der Waals surface area contributed by atoms with E-state index in [1.54, 1.807) is 30.0 Å². The van der Waals surface area contributed by atoms with Crippen LogP contribution >= 0.6 is 35.6 Å². The van der Waals surface area contributed by atoms with Crippen molar-refractivity contribution < 1.29 is 9.59 Å². The van der Waals surface area contributed by atoms with Crippen molar-refractivity contribution in [3.63, 3.8) is 0 Å². The van der Waals surface area contributed by atoms with Crippen LogP contribution < -0.4 is 10.6 Å². The van der Waals surface area contributed by atoms with Crippen molar-refractivity contribution in [2.75, 3.05) is 20.1 Å². The fourth-order valence-electron chi connectivity index (χ4n) is 2.68.